The predicted octanol–water partition coefficient (Wildman–Crippen LogP) is 1.50. The Balaban J connectivity index is 1.59. The molecule has 0 saturated carbocycles. The molecular formula is C18H26N4O5S. The molecule has 0 atom stereocenters. The first kappa shape index (κ1) is 20.5. The fraction of sp³-hybridized carbons (Fsp3) is 0.611. The number of rotatable bonds is 8. The average Bonchev–Trinajstić information content (AvgIpc) is 3.16. The number of hydrogen-bond donors (Lipinski definition) is 0. The molecule has 0 spiro atoms. The molecule has 3 heterocycles. The minimum Gasteiger partial charge on any atom is -0.469 e. The van der Waals surface area contributed by atoms with Gasteiger partial charge >= 0.3 is 0 Å². The van der Waals surface area contributed by atoms with Crippen LogP contribution in [-0.2, 0) is 22.9 Å². The van der Waals surface area contributed by atoms with E-state index in [9.17, 15) is 13.2 Å². The monoisotopic (exact) mass is 410 g/mol. The normalized spacial score (nSPS) is 15.4. The predicted molar refractivity (Wildman–Crippen MR) is 101 cm³/mol. The first-order valence-electron chi connectivity index (χ1n) is 9.26. The molecule has 9 nitrogen and oxygen atoms in total. The van der Waals surface area contributed by atoms with Crippen molar-refractivity contribution in [1.82, 2.24) is 19.3 Å². The number of sulfonamides is 1. The lowest BCUT2D eigenvalue weighted by Gasteiger charge is -2.44. The third kappa shape index (κ3) is 4.61. The minimum atomic E-state index is -3.43. The summed E-state index contributed by atoms with van der Waals surface area (Å²) in [4.78, 5) is 18.4. The zero-order valence-corrected chi connectivity index (χ0v) is 17.4. The van der Waals surface area contributed by atoms with E-state index in [2.05, 4.69) is 24.0 Å². The molecule has 0 N–H and O–H groups in total. The van der Waals surface area contributed by atoms with E-state index in [4.69, 9.17) is 8.94 Å². The Bertz CT molecular complexity index is 927. The number of amides is 1. The highest BCUT2D eigenvalue weighted by Gasteiger charge is 2.39. The average molecular weight is 410 g/mol. The van der Waals surface area contributed by atoms with Gasteiger partial charge in [0.25, 0.3) is 5.91 Å². The third-order valence-corrected chi connectivity index (χ3v) is 6.05. The van der Waals surface area contributed by atoms with Crippen LogP contribution in [0.5, 0.6) is 0 Å². The van der Waals surface area contributed by atoms with Crippen LogP contribution in [0.2, 0.25) is 0 Å². The van der Waals surface area contributed by atoms with Crippen molar-refractivity contribution in [2.75, 3.05) is 25.9 Å². The van der Waals surface area contributed by atoms with Crippen LogP contribution in [0.3, 0.4) is 0 Å². The SMILES string of the molecule is Cc1occc1C(=O)N1CC(N(CCc2noc(CC(C)C)n2)S(C)(=O)=O)C1. The van der Waals surface area contributed by atoms with Crippen LogP contribution in [0, 0.1) is 12.8 Å². The van der Waals surface area contributed by atoms with Gasteiger partial charge in [-0.2, -0.15) is 9.29 Å². The van der Waals surface area contributed by atoms with Crippen molar-refractivity contribution in [1.29, 1.82) is 0 Å². The summed E-state index contributed by atoms with van der Waals surface area (Å²) >= 11 is 0. The summed E-state index contributed by atoms with van der Waals surface area (Å²) in [5.41, 5.74) is 0.508. The highest BCUT2D eigenvalue weighted by Crippen LogP contribution is 2.22. The van der Waals surface area contributed by atoms with Crippen LogP contribution in [0.15, 0.2) is 21.3 Å². The standard InChI is InChI=1S/C18H26N4O5S/c1-12(2)9-17-19-16(20-27-17)5-7-22(28(4,24)25)14-10-21(11-14)18(23)15-6-8-26-13(15)3/h6,8,12,14H,5,7,9-11H2,1-4H3. The van der Waals surface area contributed by atoms with Crippen molar-refractivity contribution in [2.24, 2.45) is 5.92 Å². The van der Waals surface area contributed by atoms with Crippen molar-refractivity contribution >= 4 is 15.9 Å². The summed E-state index contributed by atoms with van der Waals surface area (Å²) < 4.78 is 36.3. The van der Waals surface area contributed by atoms with Gasteiger partial charge in [0.2, 0.25) is 15.9 Å². The van der Waals surface area contributed by atoms with Gasteiger partial charge in [-0.25, -0.2) is 8.42 Å². The molecule has 1 saturated heterocycles. The molecule has 28 heavy (non-hydrogen) atoms. The molecular weight excluding hydrogens is 384 g/mol. The lowest BCUT2D eigenvalue weighted by atomic mass is 10.1. The second-order valence-electron chi connectivity index (χ2n) is 7.58. The minimum absolute atomic E-state index is 0.146. The molecule has 0 aromatic carbocycles. The van der Waals surface area contributed by atoms with E-state index in [1.54, 1.807) is 17.9 Å². The van der Waals surface area contributed by atoms with Crippen LogP contribution in [0.4, 0.5) is 0 Å². The zero-order chi connectivity index (χ0) is 20.5. The van der Waals surface area contributed by atoms with Crippen LogP contribution in [0.25, 0.3) is 0 Å². The number of nitrogens with zero attached hydrogens (tertiary/aromatic N) is 4. The van der Waals surface area contributed by atoms with E-state index in [0.717, 1.165) is 0 Å². The molecule has 0 bridgehead atoms. The topological polar surface area (TPSA) is 110 Å². The Hall–Kier alpha value is -2.20. The van der Waals surface area contributed by atoms with E-state index in [1.807, 2.05) is 0 Å². The van der Waals surface area contributed by atoms with E-state index in [-0.39, 0.29) is 18.5 Å². The summed E-state index contributed by atoms with van der Waals surface area (Å²) in [7, 11) is -3.43. The van der Waals surface area contributed by atoms with Crippen molar-refractivity contribution in [3.8, 4) is 0 Å². The summed E-state index contributed by atoms with van der Waals surface area (Å²) in [6.07, 6.45) is 3.70. The Kier molecular flexibility index (Phi) is 5.90. The number of carbonyl (C=O) groups is 1. The molecule has 2 aromatic rings. The van der Waals surface area contributed by atoms with Gasteiger partial charge in [-0.1, -0.05) is 19.0 Å². The van der Waals surface area contributed by atoms with Gasteiger partial charge < -0.3 is 13.8 Å². The van der Waals surface area contributed by atoms with Gasteiger partial charge in [-0.15, -0.1) is 0 Å². The summed E-state index contributed by atoms with van der Waals surface area (Å²) in [5, 5.41) is 3.93. The summed E-state index contributed by atoms with van der Waals surface area (Å²) in [5.74, 6) is 1.87. The van der Waals surface area contributed by atoms with Gasteiger partial charge in [0.05, 0.1) is 24.1 Å². The third-order valence-electron chi connectivity index (χ3n) is 4.72. The molecule has 0 aliphatic carbocycles. The van der Waals surface area contributed by atoms with Crippen LogP contribution in [-0.4, -0.2) is 65.6 Å². The van der Waals surface area contributed by atoms with Gasteiger partial charge in [-0.05, 0) is 18.9 Å². The van der Waals surface area contributed by atoms with Gasteiger partial charge in [0.15, 0.2) is 5.82 Å². The van der Waals surface area contributed by atoms with Gasteiger partial charge in [-0.3, -0.25) is 4.79 Å². The number of aromatic nitrogens is 2. The molecule has 2 aromatic heterocycles. The molecule has 0 unspecified atom stereocenters. The lowest BCUT2D eigenvalue weighted by molar-refractivity contribution is 0.0452. The quantitative estimate of drug-likeness (QED) is 0.648. The Morgan fingerprint density at radius 3 is 2.68 bits per heavy atom. The van der Waals surface area contributed by atoms with E-state index >= 15 is 0 Å². The molecule has 1 aliphatic heterocycles. The number of aryl methyl sites for hydroxylation is 1. The Labute approximate surface area is 164 Å². The molecule has 0 radical (unpaired) electrons. The second-order valence-corrected chi connectivity index (χ2v) is 9.52. The van der Waals surface area contributed by atoms with Crippen molar-refractivity contribution in [3.05, 3.63) is 35.4 Å². The fourth-order valence-corrected chi connectivity index (χ4v) is 4.33. The molecule has 154 valence electrons. The van der Waals surface area contributed by atoms with Crippen molar-refractivity contribution in [2.45, 2.75) is 39.7 Å². The highest BCUT2D eigenvalue weighted by molar-refractivity contribution is 7.88. The van der Waals surface area contributed by atoms with Gasteiger partial charge in [0.1, 0.15) is 5.76 Å². The Morgan fingerprint density at radius 2 is 2.11 bits per heavy atom. The van der Waals surface area contributed by atoms with E-state index in [0.29, 0.717) is 54.9 Å². The first-order chi connectivity index (χ1) is 13.1. The summed E-state index contributed by atoms with van der Waals surface area (Å²) in [6.45, 7) is 6.79. The first-order valence-corrected chi connectivity index (χ1v) is 11.1. The molecule has 1 aliphatic rings. The molecule has 3 rings (SSSR count). The number of hydrogen-bond acceptors (Lipinski definition) is 7. The van der Waals surface area contributed by atoms with Crippen molar-refractivity contribution in [3.63, 3.8) is 0 Å². The number of furan rings is 1. The Morgan fingerprint density at radius 1 is 1.39 bits per heavy atom. The van der Waals surface area contributed by atoms with Gasteiger partial charge in [0, 0.05) is 32.5 Å². The van der Waals surface area contributed by atoms with E-state index < -0.39 is 10.0 Å². The maximum atomic E-state index is 12.5. The molecule has 1 amide bonds. The number of likely N-dealkylation sites (tertiary alicyclic amines) is 1. The fourth-order valence-electron chi connectivity index (χ4n) is 3.23. The van der Waals surface area contributed by atoms with Crippen molar-refractivity contribution < 1.29 is 22.2 Å². The van der Waals surface area contributed by atoms with Crippen LogP contribution < -0.4 is 0 Å². The summed E-state index contributed by atoms with van der Waals surface area (Å²) in [6, 6.07) is 1.37. The zero-order valence-electron chi connectivity index (χ0n) is 16.6. The lowest BCUT2D eigenvalue weighted by Crippen LogP contribution is -2.62. The second kappa shape index (κ2) is 8.04. The largest absolute Gasteiger partial charge is 0.469 e. The molecule has 10 heteroatoms. The highest BCUT2D eigenvalue weighted by atomic mass is 32.2. The maximum absolute atomic E-state index is 12.5. The number of carbonyl (C=O) groups excluding carboxylic acids is 1. The van der Waals surface area contributed by atoms with Crippen LogP contribution in [0.1, 0.15) is 41.7 Å². The molecule has 1 fully saturated rings. The van der Waals surface area contributed by atoms with E-state index in [1.165, 1.54) is 16.8 Å². The smallest absolute Gasteiger partial charge is 0.257 e. The van der Waals surface area contributed by atoms with Crippen LogP contribution >= 0.6 is 0 Å². The maximum Gasteiger partial charge on any atom is 0.257 e.